The van der Waals surface area contributed by atoms with Gasteiger partial charge in [0.25, 0.3) is 0 Å². The Labute approximate surface area is 313 Å². The smallest absolute Gasteiger partial charge is 0.343 e. The van der Waals surface area contributed by atoms with Crippen LogP contribution in [0.4, 0.5) is 5.69 Å². The molecule has 1 atom stereocenters. The SMILES string of the molecule is CCCCCCCCCCCCCCC(C)OC(=O)c1ccc(OC(=O)c2ccc(N=Cc3ccc(OCCCCCCCC)cc3O)cc2)cc1. The molecule has 0 aliphatic heterocycles. The number of nitrogens with zero attached hydrogens (tertiary/aromatic N) is 1. The molecule has 0 saturated carbocycles. The van der Waals surface area contributed by atoms with Gasteiger partial charge in [0, 0.05) is 17.8 Å². The molecule has 0 spiro atoms. The van der Waals surface area contributed by atoms with Crippen molar-refractivity contribution >= 4 is 23.8 Å². The lowest BCUT2D eigenvalue weighted by Gasteiger charge is -2.13. The molecule has 284 valence electrons. The van der Waals surface area contributed by atoms with Crippen LogP contribution in [-0.4, -0.2) is 36.0 Å². The summed E-state index contributed by atoms with van der Waals surface area (Å²) in [5.41, 5.74) is 1.97. The van der Waals surface area contributed by atoms with Gasteiger partial charge in [0.2, 0.25) is 0 Å². The van der Waals surface area contributed by atoms with Crippen molar-refractivity contribution in [2.24, 2.45) is 4.99 Å². The first kappa shape index (κ1) is 42.3. The highest BCUT2D eigenvalue weighted by atomic mass is 16.5. The van der Waals surface area contributed by atoms with Crippen molar-refractivity contribution in [3.8, 4) is 17.2 Å². The maximum Gasteiger partial charge on any atom is 0.343 e. The Hall–Kier alpha value is -4.13. The second-order valence-corrected chi connectivity index (χ2v) is 13.9. The molecule has 0 fully saturated rings. The molecule has 0 saturated heterocycles. The number of aliphatic imine (C=N–C) groups is 1. The van der Waals surface area contributed by atoms with Gasteiger partial charge in [-0.3, -0.25) is 4.99 Å². The van der Waals surface area contributed by atoms with Gasteiger partial charge in [-0.25, -0.2) is 9.59 Å². The predicted octanol–water partition coefficient (Wildman–Crippen LogP) is 12.7. The van der Waals surface area contributed by atoms with Crippen LogP contribution < -0.4 is 9.47 Å². The Balaban J connectivity index is 1.33. The summed E-state index contributed by atoms with van der Waals surface area (Å²) in [6.07, 6.45) is 25.1. The fourth-order valence-corrected chi connectivity index (χ4v) is 6.03. The third-order valence-corrected chi connectivity index (χ3v) is 9.30. The van der Waals surface area contributed by atoms with E-state index in [0.717, 1.165) is 25.7 Å². The number of phenols is 1. The molecule has 7 heteroatoms. The van der Waals surface area contributed by atoms with E-state index in [9.17, 15) is 14.7 Å². The van der Waals surface area contributed by atoms with E-state index in [1.54, 1.807) is 66.9 Å². The summed E-state index contributed by atoms with van der Waals surface area (Å²) in [6.45, 7) is 7.05. The summed E-state index contributed by atoms with van der Waals surface area (Å²) in [4.78, 5) is 29.9. The molecule has 0 aliphatic rings. The van der Waals surface area contributed by atoms with E-state index in [4.69, 9.17) is 14.2 Å². The minimum Gasteiger partial charge on any atom is -0.507 e. The van der Waals surface area contributed by atoms with Crippen molar-refractivity contribution in [2.75, 3.05) is 6.61 Å². The number of hydrogen-bond donors (Lipinski definition) is 1. The van der Waals surface area contributed by atoms with E-state index in [-0.39, 0.29) is 17.8 Å². The van der Waals surface area contributed by atoms with Crippen molar-refractivity contribution in [2.45, 2.75) is 149 Å². The monoisotopic (exact) mass is 713 g/mol. The maximum atomic E-state index is 12.8. The molecule has 3 aromatic carbocycles. The molecule has 52 heavy (non-hydrogen) atoms. The van der Waals surface area contributed by atoms with Gasteiger partial charge in [-0.2, -0.15) is 0 Å². The van der Waals surface area contributed by atoms with E-state index in [1.165, 1.54) is 96.3 Å². The molecular formula is C45H63NO6. The largest absolute Gasteiger partial charge is 0.507 e. The van der Waals surface area contributed by atoms with Crippen LogP contribution in [-0.2, 0) is 4.74 Å². The number of benzene rings is 3. The van der Waals surface area contributed by atoms with Gasteiger partial charge >= 0.3 is 11.9 Å². The number of unbranched alkanes of at least 4 members (excludes halogenated alkanes) is 16. The van der Waals surface area contributed by atoms with Crippen molar-refractivity contribution in [1.82, 2.24) is 0 Å². The van der Waals surface area contributed by atoms with Gasteiger partial charge in [0.15, 0.2) is 0 Å². The average Bonchev–Trinajstić information content (AvgIpc) is 3.15. The molecule has 1 unspecified atom stereocenters. The second kappa shape index (κ2) is 25.8. The molecule has 0 amide bonds. The molecule has 0 bridgehead atoms. The molecular weight excluding hydrogens is 650 g/mol. The van der Waals surface area contributed by atoms with Crippen molar-refractivity contribution < 1.29 is 28.9 Å². The highest BCUT2D eigenvalue weighted by molar-refractivity contribution is 5.92. The van der Waals surface area contributed by atoms with Crippen LogP contribution in [0.2, 0.25) is 0 Å². The molecule has 1 N–H and O–H groups in total. The number of ether oxygens (including phenoxy) is 3. The molecule has 7 nitrogen and oxygen atoms in total. The Kier molecular flexibility index (Phi) is 20.9. The van der Waals surface area contributed by atoms with Crippen LogP contribution in [0.5, 0.6) is 17.2 Å². The molecule has 0 radical (unpaired) electrons. The van der Waals surface area contributed by atoms with Crippen LogP contribution in [0.3, 0.4) is 0 Å². The molecule has 3 aromatic rings. The van der Waals surface area contributed by atoms with Crippen molar-refractivity contribution in [1.29, 1.82) is 0 Å². The van der Waals surface area contributed by atoms with E-state index in [1.807, 2.05) is 13.0 Å². The van der Waals surface area contributed by atoms with Gasteiger partial charge in [-0.05, 0) is 86.8 Å². The second-order valence-electron chi connectivity index (χ2n) is 13.9. The minimum absolute atomic E-state index is 0.0907. The number of phenolic OH excluding ortho intramolecular Hbond substituents is 1. The first-order valence-electron chi connectivity index (χ1n) is 20.0. The highest BCUT2D eigenvalue weighted by Crippen LogP contribution is 2.24. The summed E-state index contributed by atoms with van der Waals surface area (Å²) in [5.74, 6) is 0.171. The lowest BCUT2D eigenvalue weighted by molar-refractivity contribution is 0.0319. The molecule has 3 rings (SSSR count). The average molecular weight is 714 g/mol. The predicted molar refractivity (Wildman–Crippen MR) is 213 cm³/mol. The fraction of sp³-hybridized carbons (Fsp3) is 0.533. The number of aromatic hydroxyl groups is 1. The van der Waals surface area contributed by atoms with Crippen molar-refractivity contribution in [3.05, 3.63) is 83.4 Å². The molecule has 0 aliphatic carbocycles. The van der Waals surface area contributed by atoms with E-state index in [2.05, 4.69) is 18.8 Å². The van der Waals surface area contributed by atoms with E-state index in [0.29, 0.717) is 40.5 Å². The summed E-state index contributed by atoms with van der Waals surface area (Å²) in [7, 11) is 0. The standard InChI is InChI=1S/C45H63NO6/c1-4-6-8-10-12-13-14-15-16-17-18-20-22-36(3)51-44(48)38-25-30-41(31-26-38)52-45(49)37-23-28-40(29-24-37)46-35-39-27-32-42(34-43(39)47)50-33-21-19-11-9-7-5-2/h23-32,34-36,47H,4-22,33H2,1-3H3. The van der Waals surface area contributed by atoms with Crippen LogP contribution >= 0.6 is 0 Å². The first-order chi connectivity index (χ1) is 25.4. The molecule has 0 aromatic heterocycles. The van der Waals surface area contributed by atoms with Crippen LogP contribution in [0.25, 0.3) is 0 Å². The number of rotatable bonds is 27. The number of esters is 2. The minimum atomic E-state index is -0.518. The van der Waals surface area contributed by atoms with Gasteiger partial charge in [-0.1, -0.05) is 117 Å². The summed E-state index contributed by atoms with van der Waals surface area (Å²) in [6, 6.07) is 18.3. The lowest BCUT2D eigenvalue weighted by atomic mass is 10.0. The third-order valence-electron chi connectivity index (χ3n) is 9.30. The number of hydrogen-bond acceptors (Lipinski definition) is 7. The lowest BCUT2D eigenvalue weighted by Crippen LogP contribution is -2.15. The van der Waals surface area contributed by atoms with Gasteiger partial charge in [0.1, 0.15) is 17.2 Å². The summed E-state index contributed by atoms with van der Waals surface area (Å²) in [5, 5.41) is 10.4. The Morgan fingerprint density at radius 1 is 0.635 bits per heavy atom. The molecule has 0 heterocycles. The maximum absolute atomic E-state index is 12.8. The fourth-order valence-electron chi connectivity index (χ4n) is 6.03. The zero-order chi connectivity index (χ0) is 37.2. The quantitative estimate of drug-likeness (QED) is 0.0366. The first-order valence-corrected chi connectivity index (χ1v) is 20.0. The Morgan fingerprint density at radius 2 is 1.13 bits per heavy atom. The summed E-state index contributed by atoms with van der Waals surface area (Å²) >= 11 is 0. The number of carbonyl (C=O) groups excluding carboxylic acids is 2. The van der Waals surface area contributed by atoms with Crippen LogP contribution in [0.15, 0.2) is 71.7 Å². The zero-order valence-corrected chi connectivity index (χ0v) is 32.1. The normalized spacial score (nSPS) is 11.8. The van der Waals surface area contributed by atoms with Gasteiger partial charge in [0.05, 0.1) is 29.5 Å². The zero-order valence-electron chi connectivity index (χ0n) is 32.1. The Morgan fingerprint density at radius 3 is 1.71 bits per heavy atom. The van der Waals surface area contributed by atoms with Crippen LogP contribution in [0.1, 0.15) is 169 Å². The van der Waals surface area contributed by atoms with E-state index < -0.39 is 5.97 Å². The van der Waals surface area contributed by atoms with Gasteiger partial charge in [-0.15, -0.1) is 0 Å². The Bertz CT molecular complexity index is 1450. The summed E-state index contributed by atoms with van der Waals surface area (Å²) < 4.78 is 17.0. The number of carbonyl (C=O) groups is 2. The van der Waals surface area contributed by atoms with Crippen molar-refractivity contribution in [3.63, 3.8) is 0 Å². The van der Waals surface area contributed by atoms with Crippen LogP contribution in [0, 0.1) is 0 Å². The third kappa shape index (κ3) is 17.4. The highest BCUT2D eigenvalue weighted by Gasteiger charge is 2.14. The van der Waals surface area contributed by atoms with E-state index >= 15 is 0 Å². The van der Waals surface area contributed by atoms with Gasteiger partial charge < -0.3 is 19.3 Å². The topological polar surface area (TPSA) is 94.4 Å².